The Bertz CT molecular complexity index is 3810. The van der Waals surface area contributed by atoms with E-state index in [2.05, 4.69) is 39.9 Å². The summed E-state index contributed by atoms with van der Waals surface area (Å²) < 4.78 is 99.1. The smallest absolute Gasteiger partial charge is 0.394 e. The molecule has 0 radical (unpaired) electrons. The van der Waals surface area contributed by atoms with Gasteiger partial charge in [0.2, 0.25) is 11.9 Å². The van der Waals surface area contributed by atoms with Gasteiger partial charge in [-0.2, -0.15) is 19.9 Å². The molecule has 0 aromatic carbocycles. The largest absolute Gasteiger partial charge is 0.472 e. The number of aliphatic hydroxyl groups is 6. The fourth-order valence-electron chi connectivity index (χ4n) is 9.34. The summed E-state index contributed by atoms with van der Waals surface area (Å²) in [5.74, 6) is -1.37. The Balaban J connectivity index is 0.864. The predicted molar refractivity (Wildman–Crippen MR) is 266 cm³/mol. The van der Waals surface area contributed by atoms with Gasteiger partial charge in [-0.25, -0.2) is 33.3 Å². The lowest BCUT2D eigenvalue weighted by Crippen LogP contribution is -2.38. The van der Waals surface area contributed by atoms with Gasteiger partial charge in [0.05, 0.1) is 39.1 Å². The molecule has 4 fully saturated rings. The third-order valence-corrected chi connectivity index (χ3v) is 16.1. The van der Waals surface area contributed by atoms with Gasteiger partial charge in [-0.05, 0) is 6.07 Å². The minimum atomic E-state index is -5.75. The molecule has 10 heterocycles. The number of anilines is 4. The van der Waals surface area contributed by atoms with E-state index in [4.69, 9.17) is 69.0 Å². The summed E-state index contributed by atoms with van der Waals surface area (Å²) in [5.41, 5.74) is 18.4. The van der Waals surface area contributed by atoms with Crippen LogP contribution in [0.2, 0.25) is 0 Å². The highest BCUT2D eigenvalue weighted by Crippen LogP contribution is 2.54. The SMILES string of the molecule is Nc1ccn([C@@H]2O[C@H](COP(=O)(O)O[C@H]3[C@@H](O)[C@H](n4cnc5c(=O)[nH]c(N)nc54)O[C@@H]3COP(=O)(O)O[C@H]3[C@@H](O)[C@H](n4cnc5c(N)[nH]c(=O)nc54)O[C@@H]3CO)[C@@H](OP(=O)(O)OC[C@H]3O[C@@H](n4ccc(=O)nc4N)[C@H](O)[C@@H]3O)[C@H]2O)c(=O)n1. The molecular formula is C38H49N16O26P3. The molecule has 19 atom stereocenters. The number of hydrogen-bond donors (Lipinski definition) is 15. The summed E-state index contributed by atoms with van der Waals surface area (Å²) in [6.07, 6.45) is -26.1. The topological polar surface area (TPSA) is 627 Å². The molecule has 45 heteroatoms. The molecule has 4 saturated heterocycles. The lowest BCUT2D eigenvalue weighted by atomic mass is 10.1. The van der Waals surface area contributed by atoms with Crippen molar-refractivity contribution in [1.29, 1.82) is 0 Å². The number of imidazole rings is 2. The van der Waals surface area contributed by atoms with E-state index in [-0.39, 0.29) is 34.0 Å². The van der Waals surface area contributed by atoms with E-state index in [9.17, 15) is 78.2 Å². The second-order valence-electron chi connectivity index (χ2n) is 18.5. The van der Waals surface area contributed by atoms with Crippen molar-refractivity contribution in [2.45, 2.75) is 98.2 Å². The molecule has 10 rings (SSSR count). The van der Waals surface area contributed by atoms with Crippen LogP contribution < -0.4 is 45.4 Å². The Hall–Kier alpha value is -6.41. The van der Waals surface area contributed by atoms with Crippen LogP contribution in [-0.4, -0.2) is 203 Å². The molecule has 3 unspecified atom stereocenters. The number of H-pyrrole nitrogens is 2. The third kappa shape index (κ3) is 12.0. The standard InChI is InChI=1S/C38H49N16O26P3/c39-15-1-3-52(38(64)45-15)32-22(60)25(79-81(65,66)71-6-12-19(57)20(58)31(75-12)51-4-2-16(56)46-36(51)42)13(76-32)7-73-83(69,70)80-26-14(77-34(23(26)61)54-10-44-18-29(54)48-35(41)50-30(18)62)8-72-82(67,68)78-24-11(5-55)74-33(21(24)59)53-9-43-17-27(40)47-37(63)49-28(17)53/h1-4,9-14,19-26,31-34,55,57-61H,5-8H2,(H,65,66)(H,67,68)(H,69,70)(H2,39,45,64)(H2,42,46,56)(H3,40,47,49,63)(H3,41,48,50,62)/t11-,12-,13-,14-,19-,20-,21-,22-,23-,24-,25-,26-,31-,32-,33-,34-/m1/s1. The zero-order valence-electron chi connectivity index (χ0n) is 41.6. The van der Waals surface area contributed by atoms with Crippen LogP contribution in [-0.2, 0) is 59.8 Å². The van der Waals surface area contributed by atoms with Crippen LogP contribution in [0.25, 0.3) is 22.3 Å². The Morgan fingerprint density at radius 2 is 1.02 bits per heavy atom. The highest BCUT2D eigenvalue weighted by atomic mass is 31.2. The van der Waals surface area contributed by atoms with Crippen molar-refractivity contribution in [2.75, 3.05) is 49.4 Å². The number of aromatic amines is 2. The van der Waals surface area contributed by atoms with Gasteiger partial charge in [0.1, 0.15) is 90.4 Å². The van der Waals surface area contributed by atoms with E-state index < -0.39 is 182 Å². The first-order valence-corrected chi connectivity index (χ1v) is 28.4. The molecule has 6 aromatic heterocycles. The lowest BCUT2D eigenvalue weighted by Gasteiger charge is -2.26. The Morgan fingerprint density at radius 1 is 0.554 bits per heavy atom. The first-order valence-electron chi connectivity index (χ1n) is 23.9. The summed E-state index contributed by atoms with van der Waals surface area (Å²) in [5, 5.41) is 66.1. The first kappa shape index (κ1) is 59.7. The zero-order valence-corrected chi connectivity index (χ0v) is 44.3. The van der Waals surface area contributed by atoms with Crippen molar-refractivity contribution < 1.29 is 105 Å². The van der Waals surface area contributed by atoms with Crippen LogP contribution >= 0.6 is 23.5 Å². The number of nitrogen functional groups attached to an aromatic ring is 4. The molecular weight excluding hydrogens is 1190 g/mol. The fourth-order valence-corrected chi connectivity index (χ4v) is 12.2. The number of aliphatic hydroxyl groups excluding tert-OH is 6. The van der Waals surface area contributed by atoms with Crippen molar-refractivity contribution in [3.63, 3.8) is 0 Å². The summed E-state index contributed by atoms with van der Waals surface area (Å²) in [6.45, 7) is -4.49. The number of ether oxygens (including phenoxy) is 4. The van der Waals surface area contributed by atoms with Crippen molar-refractivity contribution in [2.24, 2.45) is 0 Å². The van der Waals surface area contributed by atoms with E-state index in [1.807, 2.05) is 0 Å². The van der Waals surface area contributed by atoms with Gasteiger partial charge in [0.15, 0.2) is 41.7 Å². The Labute approximate surface area is 458 Å². The number of nitrogens with one attached hydrogen (secondary N) is 2. The van der Waals surface area contributed by atoms with E-state index in [1.165, 1.54) is 0 Å². The van der Waals surface area contributed by atoms with Gasteiger partial charge >= 0.3 is 34.8 Å². The monoisotopic (exact) mass is 1240 g/mol. The van der Waals surface area contributed by atoms with Crippen molar-refractivity contribution in [1.82, 2.24) is 58.1 Å². The molecule has 0 amide bonds. The van der Waals surface area contributed by atoms with Gasteiger partial charge in [-0.1, -0.05) is 0 Å². The molecule has 0 saturated carbocycles. The maximum Gasteiger partial charge on any atom is 0.472 e. The first-order chi connectivity index (χ1) is 39.1. The van der Waals surface area contributed by atoms with Gasteiger partial charge in [0.25, 0.3) is 11.1 Å². The van der Waals surface area contributed by atoms with Crippen molar-refractivity contribution in [3.8, 4) is 0 Å². The molecule has 42 nitrogen and oxygen atoms in total. The minimum absolute atomic E-state index is 0.0337. The van der Waals surface area contributed by atoms with Gasteiger partial charge < -0.3 is 87.2 Å². The van der Waals surface area contributed by atoms with Crippen LogP contribution in [0.15, 0.2) is 56.4 Å². The second-order valence-corrected chi connectivity index (χ2v) is 22.7. The number of hydrogen-bond acceptors (Lipinski definition) is 33. The summed E-state index contributed by atoms with van der Waals surface area (Å²) in [4.78, 5) is 110. The van der Waals surface area contributed by atoms with Gasteiger partial charge in [-0.15, -0.1) is 0 Å². The third-order valence-electron chi connectivity index (χ3n) is 13.2. The molecule has 6 aromatic rings. The number of nitrogens with zero attached hydrogens (tertiary/aromatic N) is 10. The summed E-state index contributed by atoms with van der Waals surface area (Å²) in [6, 6.07) is 2.06. The van der Waals surface area contributed by atoms with Crippen LogP contribution in [0.4, 0.5) is 23.5 Å². The number of nitrogens with two attached hydrogens (primary N) is 4. The Kier molecular flexibility index (Phi) is 16.5. The number of phosphoric ester groups is 3. The minimum Gasteiger partial charge on any atom is -0.394 e. The molecule has 0 aliphatic carbocycles. The predicted octanol–water partition coefficient (Wildman–Crippen LogP) is -7.01. The van der Waals surface area contributed by atoms with Crippen LogP contribution in [0.1, 0.15) is 24.9 Å². The fraction of sp³-hybridized carbons (Fsp3) is 0.526. The molecule has 4 aliphatic heterocycles. The molecule has 4 aliphatic rings. The zero-order chi connectivity index (χ0) is 59.8. The van der Waals surface area contributed by atoms with E-state index >= 15 is 0 Å². The van der Waals surface area contributed by atoms with E-state index in [1.54, 1.807) is 0 Å². The number of aromatic nitrogens is 12. The van der Waals surface area contributed by atoms with Crippen LogP contribution in [0.3, 0.4) is 0 Å². The molecule has 452 valence electrons. The Morgan fingerprint density at radius 3 is 1.57 bits per heavy atom. The number of phosphoric acid groups is 3. The van der Waals surface area contributed by atoms with Crippen LogP contribution in [0, 0.1) is 0 Å². The van der Waals surface area contributed by atoms with Crippen molar-refractivity contribution in [3.05, 3.63) is 78.9 Å². The normalized spacial score (nSPS) is 32.3. The van der Waals surface area contributed by atoms with Crippen LogP contribution in [0.5, 0.6) is 0 Å². The van der Waals surface area contributed by atoms with Gasteiger partial charge in [0, 0.05) is 18.5 Å². The van der Waals surface area contributed by atoms with E-state index in [0.717, 1.165) is 50.9 Å². The maximum atomic E-state index is 14.0. The molecule has 83 heavy (non-hydrogen) atoms. The average molecular weight is 1240 g/mol. The van der Waals surface area contributed by atoms with Crippen molar-refractivity contribution >= 4 is 69.3 Å². The van der Waals surface area contributed by atoms with Gasteiger partial charge in [-0.3, -0.25) is 65.0 Å². The molecule has 0 bridgehead atoms. The highest BCUT2D eigenvalue weighted by molar-refractivity contribution is 7.48. The average Bonchev–Trinajstić information content (AvgIpc) is 4.30. The highest BCUT2D eigenvalue weighted by Gasteiger charge is 2.55. The van der Waals surface area contributed by atoms with E-state index in [0.29, 0.717) is 4.57 Å². The summed E-state index contributed by atoms with van der Waals surface area (Å²) in [7, 11) is -16.8. The molecule has 19 N–H and O–H groups in total. The number of fused-ring (bicyclic) bond motifs is 2. The summed E-state index contributed by atoms with van der Waals surface area (Å²) >= 11 is 0. The lowest BCUT2D eigenvalue weighted by molar-refractivity contribution is -0.0647. The number of rotatable bonds is 20. The second kappa shape index (κ2) is 22.9. The molecule has 0 spiro atoms. The maximum absolute atomic E-state index is 14.0. The quantitative estimate of drug-likeness (QED) is 0.0316.